The Labute approximate surface area is 142 Å². The molecule has 0 radical (unpaired) electrons. The summed E-state index contributed by atoms with van der Waals surface area (Å²) in [5, 5.41) is 5.63. The quantitative estimate of drug-likeness (QED) is 0.363. The van der Waals surface area contributed by atoms with Gasteiger partial charge in [-0.3, -0.25) is 14.4 Å². The Kier molecular flexibility index (Phi) is 12.3. The molecule has 0 aromatic carbocycles. The molecule has 2 atom stereocenters. The van der Waals surface area contributed by atoms with Crippen LogP contribution >= 0.6 is 0 Å². The zero-order chi connectivity index (χ0) is 17.7. The topological polar surface area (TPSA) is 87.3 Å². The summed E-state index contributed by atoms with van der Waals surface area (Å²) >= 11 is 0. The molecule has 3 N–H and O–H groups in total. The van der Waals surface area contributed by atoms with Crippen LogP contribution in [-0.2, 0) is 14.4 Å². The molecule has 0 saturated heterocycles. The molecule has 0 bridgehead atoms. The predicted molar refractivity (Wildman–Crippen MR) is 95.7 cm³/mol. The van der Waals surface area contributed by atoms with Crippen molar-refractivity contribution in [2.45, 2.75) is 71.9 Å². The molecule has 0 saturated carbocycles. The lowest BCUT2D eigenvalue weighted by atomic mass is 10.0. The van der Waals surface area contributed by atoms with Crippen LogP contribution in [0.3, 0.4) is 0 Å². The van der Waals surface area contributed by atoms with Gasteiger partial charge in [0.05, 0.1) is 0 Å². The normalized spacial score (nSPS) is 13.6. The standard InChI is InChI=1S/C16H33N3O3Si/c1-5-6-9-12(2)15(21)17-11-8-7-10-14(18-13(3)20)16(22)19-23-4/h12,14H,5-11,23H2,1-4H3,(H,17,21)(H,18,20)(H,19,22). The predicted octanol–water partition coefficient (Wildman–Crippen LogP) is 0.852. The fourth-order valence-corrected chi connectivity index (χ4v) is 2.91. The molecule has 0 fully saturated rings. The SMILES string of the molecule is CCCCC(C)C(=O)NCCCCC(NC(C)=O)C(=O)N[SiH2]C. The fourth-order valence-electron chi connectivity index (χ4n) is 2.31. The van der Waals surface area contributed by atoms with Crippen LogP contribution in [-0.4, -0.2) is 40.0 Å². The minimum absolute atomic E-state index is 0.0577. The molecule has 134 valence electrons. The first-order valence-corrected chi connectivity index (χ1v) is 10.9. The summed E-state index contributed by atoms with van der Waals surface area (Å²) in [7, 11) is -0.578. The average Bonchev–Trinajstić information content (AvgIpc) is 2.50. The van der Waals surface area contributed by atoms with Crippen molar-refractivity contribution in [1.82, 2.24) is 15.6 Å². The van der Waals surface area contributed by atoms with E-state index < -0.39 is 15.7 Å². The maximum Gasteiger partial charge on any atom is 0.234 e. The summed E-state index contributed by atoms with van der Waals surface area (Å²) in [4.78, 5) is 37.8. The Morgan fingerprint density at radius 3 is 2.30 bits per heavy atom. The van der Waals surface area contributed by atoms with Crippen LogP contribution < -0.4 is 15.6 Å². The first-order valence-electron chi connectivity index (χ1n) is 8.74. The zero-order valence-electron chi connectivity index (χ0n) is 15.0. The summed E-state index contributed by atoms with van der Waals surface area (Å²) in [6.07, 6.45) is 5.29. The maximum atomic E-state index is 11.9. The van der Waals surface area contributed by atoms with Crippen molar-refractivity contribution in [3.8, 4) is 0 Å². The highest BCUT2D eigenvalue weighted by molar-refractivity contribution is 6.35. The number of nitrogens with one attached hydrogen (secondary N) is 3. The smallest absolute Gasteiger partial charge is 0.234 e. The van der Waals surface area contributed by atoms with Crippen LogP contribution in [0, 0.1) is 5.92 Å². The molecular formula is C16H33N3O3Si. The lowest BCUT2D eigenvalue weighted by molar-refractivity contribution is -0.127. The summed E-state index contributed by atoms with van der Waals surface area (Å²) < 4.78 is 0. The molecule has 23 heavy (non-hydrogen) atoms. The number of carbonyl (C=O) groups is 3. The van der Waals surface area contributed by atoms with Gasteiger partial charge in [0, 0.05) is 19.4 Å². The van der Waals surface area contributed by atoms with Crippen molar-refractivity contribution >= 4 is 27.4 Å². The van der Waals surface area contributed by atoms with Crippen molar-refractivity contribution in [3.05, 3.63) is 0 Å². The van der Waals surface area contributed by atoms with E-state index in [0.29, 0.717) is 13.0 Å². The molecule has 0 aromatic rings. The van der Waals surface area contributed by atoms with Crippen LogP contribution in [0.15, 0.2) is 0 Å². The molecule has 7 heteroatoms. The fraction of sp³-hybridized carbons (Fsp3) is 0.812. The van der Waals surface area contributed by atoms with E-state index in [0.717, 1.165) is 32.1 Å². The average molecular weight is 344 g/mol. The van der Waals surface area contributed by atoms with E-state index in [1.165, 1.54) is 6.92 Å². The van der Waals surface area contributed by atoms with E-state index in [1.54, 1.807) is 0 Å². The van der Waals surface area contributed by atoms with Crippen molar-refractivity contribution < 1.29 is 14.4 Å². The summed E-state index contributed by atoms with van der Waals surface area (Å²) in [6, 6.07) is -0.459. The second-order valence-corrected chi connectivity index (χ2v) is 7.04. The molecule has 0 heterocycles. The highest BCUT2D eigenvalue weighted by atomic mass is 28.2. The van der Waals surface area contributed by atoms with E-state index in [-0.39, 0.29) is 23.6 Å². The van der Waals surface area contributed by atoms with Gasteiger partial charge in [-0.2, -0.15) is 0 Å². The number of carbonyl (C=O) groups excluding carboxylic acids is 3. The van der Waals surface area contributed by atoms with Gasteiger partial charge in [-0.05, 0) is 25.7 Å². The summed E-state index contributed by atoms with van der Waals surface area (Å²) in [5.74, 6) is -0.124. The molecule has 0 aliphatic carbocycles. The van der Waals surface area contributed by atoms with Crippen molar-refractivity contribution in [2.75, 3.05) is 6.54 Å². The Hall–Kier alpha value is -1.37. The minimum atomic E-state index is -0.578. The molecule has 0 rings (SSSR count). The molecule has 2 unspecified atom stereocenters. The number of hydrogen-bond acceptors (Lipinski definition) is 3. The van der Waals surface area contributed by atoms with Gasteiger partial charge in [0.25, 0.3) is 0 Å². The van der Waals surface area contributed by atoms with E-state index in [9.17, 15) is 14.4 Å². The van der Waals surface area contributed by atoms with Crippen LogP contribution in [0.4, 0.5) is 0 Å². The molecule has 6 nitrogen and oxygen atoms in total. The summed E-state index contributed by atoms with van der Waals surface area (Å²) in [5.41, 5.74) is 0. The van der Waals surface area contributed by atoms with Gasteiger partial charge < -0.3 is 15.6 Å². The van der Waals surface area contributed by atoms with Crippen LogP contribution in [0.2, 0.25) is 6.55 Å². The third-order valence-electron chi connectivity index (χ3n) is 3.70. The lowest BCUT2D eigenvalue weighted by Gasteiger charge is -2.17. The van der Waals surface area contributed by atoms with Crippen molar-refractivity contribution in [3.63, 3.8) is 0 Å². The molecule has 0 aromatic heterocycles. The number of rotatable bonds is 12. The minimum Gasteiger partial charge on any atom is -0.386 e. The second-order valence-electron chi connectivity index (χ2n) is 5.98. The first-order chi connectivity index (χ1) is 10.9. The Balaban J connectivity index is 3.99. The highest BCUT2D eigenvalue weighted by Gasteiger charge is 2.18. The van der Waals surface area contributed by atoms with Crippen molar-refractivity contribution in [2.24, 2.45) is 5.92 Å². The van der Waals surface area contributed by atoms with Gasteiger partial charge >= 0.3 is 0 Å². The van der Waals surface area contributed by atoms with Crippen LogP contribution in [0.5, 0.6) is 0 Å². The zero-order valence-corrected chi connectivity index (χ0v) is 16.5. The monoisotopic (exact) mass is 343 g/mol. The van der Waals surface area contributed by atoms with Crippen molar-refractivity contribution in [1.29, 1.82) is 0 Å². The van der Waals surface area contributed by atoms with Gasteiger partial charge in [0.2, 0.25) is 17.7 Å². The highest BCUT2D eigenvalue weighted by Crippen LogP contribution is 2.07. The third-order valence-corrected chi connectivity index (χ3v) is 4.40. The van der Waals surface area contributed by atoms with Gasteiger partial charge in [0.15, 0.2) is 0 Å². The molecule has 0 spiro atoms. The molecular weight excluding hydrogens is 310 g/mol. The van der Waals surface area contributed by atoms with Gasteiger partial charge in [-0.15, -0.1) is 0 Å². The van der Waals surface area contributed by atoms with Gasteiger partial charge in [-0.1, -0.05) is 33.2 Å². The lowest BCUT2D eigenvalue weighted by Crippen LogP contribution is -2.46. The number of unbranched alkanes of at least 4 members (excludes halogenated alkanes) is 2. The van der Waals surface area contributed by atoms with Gasteiger partial charge in [0.1, 0.15) is 15.7 Å². The number of amides is 3. The Morgan fingerprint density at radius 2 is 1.74 bits per heavy atom. The number of hydrogen-bond donors (Lipinski definition) is 3. The molecule has 3 amide bonds. The Bertz CT molecular complexity index is 378. The molecule has 0 aliphatic heterocycles. The third kappa shape index (κ3) is 10.9. The van der Waals surface area contributed by atoms with E-state index >= 15 is 0 Å². The second kappa shape index (κ2) is 13.1. The Morgan fingerprint density at radius 1 is 1.04 bits per heavy atom. The largest absolute Gasteiger partial charge is 0.386 e. The molecule has 0 aliphatic rings. The maximum absolute atomic E-state index is 11.9. The summed E-state index contributed by atoms with van der Waals surface area (Å²) in [6.45, 7) is 8.09. The first kappa shape index (κ1) is 21.6. The van der Waals surface area contributed by atoms with Crippen LogP contribution in [0.1, 0.15) is 59.3 Å². The van der Waals surface area contributed by atoms with Crippen LogP contribution in [0.25, 0.3) is 0 Å². The van der Waals surface area contributed by atoms with E-state index in [1.807, 2.05) is 13.5 Å². The van der Waals surface area contributed by atoms with Gasteiger partial charge in [-0.25, -0.2) is 0 Å². The van der Waals surface area contributed by atoms with E-state index in [4.69, 9.17) is 0 Å². The van der Waals surface area contributed by atoms with E-state index in [2.05, 4.69) is 22.5 Å².